The molecule has 156 valence electrons. The molecule has 0 atom stereocenters. The van der Waals surface area contributed by atoms with E-state index in [2.05, 4.69) is 20.9 Å². The standard InChI is InChI=1S/C21H22N4O4S/c1-12(2)19(27)23-15-6-4-14(5-7-15)22-18(26)10-16-11-30-21(24-16)25-20(28)17-8-9-29-13(17)3/h4-9,11-12H,10H2,1-3H3,(H,22,26)(H,23,27)(H,24,25,28). The summed E-state index contributed by atoms with van der Waals surface area (Å²) in [7, 11) is 0. The van der Waals surface area contributed by atoms with Crippen LogP contribution in [-0.2, 0) is 16.0 Å². The topological polar surface area (TPSA) is 113 Å². The van der Waals surface area contributed by atoms with Crippen LogP contribution in [0.3, 0.4) is 0 Å². The van der Waals surface area contributed by atoms with E-state index < -0.39 is 0 Å². The predicted molar refractivity (Wildman–Crippen MR) is 116 cm³/mol. The predicted octanol–water partition coefficient (Wildman–Crippen LogP) is 4.07. The highest BCUT2D eigenvalue weighted by molar-refractivity contribution is 7.14. The third kappa shape index (κ3) is 5.54. The summed E-state index contributed by atoms with van der Waals surface area (Å²) in [5.41, 5.74) is 2.27. The van der Waals surface area contributed by atoms with E-state index in [-0.39, 0.29) is 30.1 Å². The molecule has 1 aromatic carbocycles. The van der Waals surface area contributed by atoms with Crippen LogP contribution in [0.25, 0.3) is 0 Å². The van der Waals surface area contributed by atoms with Crippen molar-refractivity contribution >= 4 is 45.6 Å². The number of rotatable bonds is 7. The second-order valence-electron chi connectivity index (χ2n) is 6.93. The monoisotopic (exact) mass is 426 g/mol. The number of anilines is 3. The van der Waals surface area contributed by atoms with Gasteiger partial charge in [0.2, 0.25) is 11.8 Å². The number of nitrogens with zero attached hydrogens (tertiary/aromatic N) is 1. The number of carbonyl (C=O) groups is 3. The van der Waals surface area contributed by atoms with Crippen LogP contribution >= 0.6 is 11.3 Å². The lowest BCUT2D eigenvalue weighted by Crippen LogP contribution is -2.18. The van der Waals surface area contributed by atoms with Gasteiger partial charge in [-0.15, -0.1) is 11.3 Å². The molecular formula is C21H22N4O4S. The van der Waals surface area contributed by atoms with Crippen molar-refractivity contribution in [3.05, 3.63) is 59.0 Å². The van der Waals surface area contributed by atoms with Crippen molar-refractivity contribution in [2.75, 3.05) is 16.0 Å². The van der Waals surface area contributed by atoms with E-state index in [0.29, 0.717) is 33.5 Å². The highest BCUT2D eigenvalue weighted by atomic mass is 32.1. The van der Waals surface area contributed by atoms with E-state index in [1.54, 1.807) is 42.6 Å². The van der Waals surface area contributed by atoms with E-state index in [1.165, 1.54) is 17.6 Å². The Morgan fingerprint density at radius 2 is 1.70 bits per heavy atom. The van der Waals surface area contributed by atoms with Crippen LogP contribution in [0.15, 0.2) is 46.4 Å². The summed E-state index contributed by atoms with van der Waals surface area (Å²) in [5, 5.41) is 10.4. The van der Waals surface area contributed by atoms with Gasteiger partial charge in [0, 0.05) is 22.7 Å². The number of furan rings is 1. The molecule has 9 heteroatoms. The maximum absolute atomic E-state index is 12.3. The van der Waals surface area contributed by atoms with Crippen molar-refractivity contribution in [2.45, 2.75) is 27.2 Å². The van der Waals surface area contributed by atoms with Crippen LogP contribution in [0.1, 0.15) is 35.7 Å². The average Bonchev–Trinajstić information content (AvgIpc) is 3.31. The van der Waals surface area contributed by atoms with Gasteiger partial charge in [-0.3, -0.25) is 19.7 Å². The fourth-order valence-corrected chi connectivity index (χ4v) is 3.23. The van der Waals surface area contributed by atoms with Crippen LogP contribution in [0.5, 0.6) is 0 Å². The van der Waals surface area contributed by atoms with Crippen molar-refractivity contribution in [1.82, 2.24) is 4.98 Å². The lowest BCUT2D eigenvalue weighted by Gasteiger charge is -2.09. The molecule has 2 aromatic heterocycles. The molecule has 30 heavy (non-hydrogen) atoms. The minimum absolute atomic E-state index is 0.0684. The normalized spacial score (nSPS) is 10.7. The number of amides is 3. The maximum atomic E-state index is 12.3. The van der Waals surface area contributed by atoms with E-state index in [0.717, 1.165) is 0 Å². The first kappa shape index (κ1) is 21.3. The molecule has 0 aliphatic carbocycles. The summed E-state index contributed by atoms with van der Waals surface area (Å²) in [4.78, 5) is 40.5. The van der Waals surface area contributed by atoms with Crippen LogP contribution in [-0.4, -0.2) is 22.7 Å². The molecule has 3 aromatic rings. The Bertz CT molecular complexity index is 1050. The lowest BCUT2D eigenvalue weighted by atomic mass is 10.2. The molecule has 0 aliphatic heterocycles. The zero-order chi connectivity index (χ0) is 21.7. The summed E-state index contributed by atoms with van der Waals surface area (Å²) in [6.07, 6.45) is 1.52. The Kier molecular flexibility index (Phi) is 6.63. The van der Waals surface area contributed by atoms with Crippen molar-refractivity contribution in [3.63, 3.8) is 0 Å². The summed E-state index contributed by atoms with van der Waals surface area (Å²) in [6.45, 7) is 5.34. The number of hydrogen-bond acceptors (Lipinski definition) is 6. The van der Waals surface area contributed by atoms with Gasteiger partial charge in [0.15, 0.2) is 5.13 Å². The Hall–Kier alpha value is -3.46. The summed E-state index contributed by atoms with van der Waals surface area (Å²) < 4.78 is 5.12. The average molecular weight is 426 g/mol. The molecule has 8 nitrogen and oxygen atoms in total. The smallest absolute Gasteiger partial charge is 0.260 e. The highest BCUT2D eigenvalue weighted by Crippen LogP contribution is 2.19. The molecule has 3 N–H and O–H groups in total. The molecule has 0 aliphatic rings. The van der Waals surface area contributed by atoms with Crippen LogP contribution in [0.2, 0.25) is 0 Å². The second kappa shape index (κ2) is 9.36. The van der Waals surface area contributed by atoms with Gasteiger partial charge in [-0.05, 0) is 37.3 Å². The Morgan fingerprint density at radius 3 is 2.30 bits per heavy atom. The number of benzene rings is 1. The Labute approximate surface area is 177 Å². The first-order valence-corrected chi connectivity index (χ1v) is 10.2. The number of thiazole rings is 1. The third-order valence-corrected chi connectivity index (χ3v) is 4.98. The molecule has 0 saturated heterocycles. The van der Waals surface area contributed by atoms with E-state index in [9.17, 15) is 14.4 Å². The fourth-order valence-electron chi connectivity index (χ4n) is 2.52. The van der Waals surface area contributed by atoms with Crippen molar-refractivity contribution in [2.24, 2.45) is 5.92 Å². The molecule has 0 unspecified atom stereocenters. The minimum atomic E-state index is -0.309. The SMILES string of the molecule is Cc1occc1C(=O)Nc1nc(CC(=O)Nc2ccc(NC(=O)C(C)C)cc2)cs1. The van der Waals surface area contributed by atoms with Gasteiger partial charge < -0.3 is 15.1 Å². The number of aryl methyl sites for hydroxylation is 1. The summed E-state index contributed by atoms with van der Waals surface area (Å²) >= 11 is 1.25. The third-order valence-electron chi connectivity index (χ3n) is 4.18. The van der Waals surface area contributed by atoms with Gasteiger partial charge in [-0.2, -0.15) is 0 Å². The zero-order valence-corrected chi connectivity index (χ0v) is 17.6. The Morgan fingerprint density at radius 1 is 1.03 bits per heavy atom. The molecular weight excluding hydrogens is 404 g/mol. The molecule has 0 radical (unpaired) electrons. The van der Waals surface area contributed by atoms with Crippen molar-refractivity contribution in [3.8, 4) is 0 Å². The zero-order valence-electron chi connectivity index (χ0n) is 16.8. The molecule has 0 fully saturated rings. The number of aromatic nitrogens is 1. The van der Waals surface area contributed by atoms with Crippen molar-refractivity contribution < 1.29 is 18.8 Å². The minimum Gasteiger partial charge on any atom is -0.469 e. The first-order valence-electron chi connectivity index (χ1n) is 9.32. The largest absolute Gasteiger partial charge is 0.469 e. The van der Waals surface area contributed by atoms with E-state index >= 15 is 0 Å². The van der Waals surface area contributed by atoms with Gasteiger partial charge in [-0.25, -0.2) is 4.98 Å². The van der Waals surface area contributed by atoms with Crippen LogP contribution in [0, 0.1) is 12.8 Å². The van der Waals surface area contributed by atoms with Crippen molar-refractivity contribution in [1.29, 1.82) is 0 Å². The van der Waals surface area contributed by atoms with Crippen LogP contribution in [0.4, 0.5) is 16.5 Å². The highest BCUT2D eigenvalue weighted by Gasteiger charge is 2.14. The Balaban J connectivity index is 1.52. The fraction of sp³-hybridized carbons (Fsp3) is 0.238. The van der Waals surface area contributed by atoms with Gasteiger partial charge in [0.1, 0.15) is 5.76 Å². The number of hydrogen-bond donors (Lipinski definition) is 3. The van der Waals surface area contributed by atoms with E-state index in [4.69, 9.17) is 4.42 Å². The molecule has 2 heterocycles. The number of nitrogens with one attached hydrogen (secondary N) is 3. The van der Waals surface area contributed by atoms with Gasteiger partial charge in [0.25, 0.3) is 5.91 Å². The van der Waals surface area contributed by atoms with Gasteiger partial charge in [-0.1, -0.05) is 13.8 Å². The molecule has 3 amide bonds. The molecule has 3 rings (SSSR count). The summed E-state index contributed by atoms with van der Waals surface area (Å²) in [6, 6.07) is 8.47. The lowest BCUT2D eigenvalue weighted by molar-refractivity contribution is -0.119. The number of carbonyl (C=O) groups excluding carboxylic acids is 3. The second-order valence-corrected chi connectivity index (χ2v) is 7.79. The molecule has 0 saturated carbocycles. The molecule has 0 spiro atoms. The van der Waals surface area contributed by atoms with E-state index in [1.807, 2.05) is 13.8 Å². The maximum Gasteiger partial charge on any atom is 0.260 e. The molecule has 0 bridgehead atoms. The summed E-state index contributed by atoms with van der Waals surface area (Å²) in [5.74, 6) is -0.195. The van der Waals surface area contributed by atoms with Gasteiger partial charge in [0.05, 0.1) is 23.9 Å². The first-order chi connectivity index (χ1) is 14.3. The van der Waals surface area contributed by atoms with Gasteiger partial charge >= 0.3 is 0 Å². The van der Waals surface area contributed by atoms with Crippen LogP contribution < -0.4 is 16.0 Å². The quantitative estimate of drug-likeness (QED) is 0.527.